The number of carbonyl (C=O) groups is 2. The van der Waals surface area contributed by atoms with E-state index in [2.05, 4.69) is 10.1 Å². The van der Waals surface area contributed by atoms with Gasteiger partial charge in [0.15, 0.2) is 0 Å². The molecule has 0 radical (unpaired) electrons. The van der Waals surface area contributed by atoms with Gasteiger partial charge in [-0.1, -0.05) is 0 Å². The average molecular weight is 175 g/mol. The molecule has 70 valence electrons. The van der Waals surface area contributed by atoms with E-state index in [9.17, 15) is 9.59 Å². The zero-order valence-electron chi connectivity index (χ0n) is 7.37. The van der Waals surface area contributed by atoms with Crippen molar-refractivity contribution in [3.05, 3.63) is 0 Å². The molecule has 12 heavy (non-hydrogen) atoms. The first-order valence-corrected chi connectivity index (χ1v) is 3.48. The van der Waals surface area contributed by atoms with Gasteiger partial charge in [-0.05, 0) is 6.92 Å². The van der Waals surface area contributed by atoms with Crippen LogP contribution in [-0.4, -0.2) is 38.7 Å². The molecule has 0 aromatic carbocycles. The highest BCUT2D eigenvalue weighted by molar-refractivity contribution is 5.73. The van der Waals surface area contributed by atoms with E-state index < -0.39 is 12.1 Å². The molecule has 5 heteroatoms. The quantitative estimate of drug-likeness (QED) is 0.608. The fourth-order valence-electron chi connectivity index (χ4n) is 0.604. The van der Waals surface area contributed by atoms with E-state index in [-0.39, 0.29) is 6.10 Å². The summed E-state index contributed by atoms with van der Waals surface area (Å²) < 4.78 is 9.16. The molecule has 0 aliphatic rings. The predicted octanol–water partition coefficient (Wildman–Crippen LogP) is -0.0552. The Balaban J connectivity index is 3.98. The lowest BCUT2D eigenvalue weighted by molar-refractivity contribution is -0.112. The Morgan fingerprint density at radius 1 is 1.50 bits per heavy atom. The maximum absolute atomic E-state index is 10.7. The Bertz CT molecular complexity index is 159. The fraction of sp³-hybridized carbons (Fsp3) is 0.714. The molecule has 0 fully saturated rings. The van der Waals surface area contributed by atoms with Crippen molar-refractivity contribution >= 4 is 12.4 Å². The molecule has 0 aromatic rings. The summed E-state index contributed by atoms with van der Waals surface area (Å²) in [5, 5.41) is 2.31. The van der Waals surface area contributed by atoms with Crippen molar-refractivity contribution in [2.24, 2.45) is 0 Å². The van der Waals surface area contributed by atoms with Crippen molar-refractivity contribution < 1.29 is 19.1 Å². The number of rotatable bonds is 4. The maximum Gasteiger partial charge on any atom is 0.407 e. The van der Waals surface area contributed by atoms with E-state index in [0.717, 1.165) is 0 Å². The molecule has 0 saturated heterocycles. The van der Waals surface area contributed by atoms with E-state index in [1.54, 1.807) is 6.92 Å². The third-order valence-electron chi connectivity index (χ3n) is 1.49. The topological polar surface area (TPSA) is 64.6 Å². The van der Waals surface area contributed by atoms with E-state index in [1.807, 2.05) is 0 Å². The number of amides is 1. The molecule has 0 aromatic heterocycles. The lowest BCUT2D eigenvalue weighted by Gasteiger charge is -2.17. The number of hydrogen-bond acceptors (Lipinski definition) is 4. The summed E-state index contributed by atoms with van der Waals surface area (Å²) in [6, 6.07) is -0.664. The average Bonchev–Trinajstić information content (AvgIpc) is 2.12. The number of hydrogen-bond donors (Lipinski definition) is 1. The summed E-state index contributed by atoms with van der Waals surface area (Å²) in [5.74, 6) is 0. The van der Waals surface area contributed by atoms with Crippen molar-refractivity contribution in [2.45, 2.75) is 19.1 Å². The smallest absolute Gasteiger partial charge is 0.407 e. The third-order valence-corrected chi connectivity index (χ3v) is 1.49. The standard InChI is InChI=1S/C7H13NO4/c1-5(11-2)6(4-9)8-7(10)12-3/h4-6H,1-3H3,(H,8,10)/t5-,6-/m0/s1. The number of alkyl carbamates (subject to hydrolysis) is 1. The Labute approximate surface area is 71.0 Å². The number of ether oxygens (including phenoxy) is 2. The van der Waals surface area contributed by atoms with E-state index >= 15 is 0 Å². The van der Waals surface area contributed by atoms with Gasteiger partial charge in [-0.25, -0.2) is 4.79 Å². The molecular formula is C7H13NO4. The van der Waals surface area contributed by atoms with Gasteiger partial charge in [0.05, 0.1) is 13.2 Å². The van der Waals surface area contributed by atoms with Gasteiger partial charge >= 0.3 is 6.09 Å². The van der Waals surface area contributed by atoms with Gasteiger partial charge in [0.2, 0.25) is 0 Å². The van der Waals surface area contributed by atoms with Crippen LogP contribution in [0.1, 0.15) is 6.92 Å². The van der Waals surface area contributed by atoms with Crippen LogP contribution in [0.2, 0.25) is 0 Å². The van der Waals surface area contributed by atoms with Crippen molar-refractivity contribution in [1.29, 1.82) is 0 Å². The second-order valence-corrected chi connectivity index (χ2v) is 2.24. The molecule has 0 spiro atoms. The second-order valence-electron chi connectivity index (χ2n) is 2.24. The Morgan fingerprint density at radius 3 is 2.42 bits per heavy atom. The van der Waals surface area contributed by atoms with Crippen LogP contribution in [0.3, 0.4) is 0 Å². The van der Waals surface area contributed by atoms with Crippen molar-refractivity contribution in [2.75, 3.05) is 14.2 Å². The van der Waals surface area contributed by atoms with Crippen LogP contribution < -0.4 is 5.32 Å². The molecule has 0 aliphatic carbocycles. The Kier molecular flexibility index (Phi) is 5.03. The van der Waals surface area contributed by atoms with Gasteiger partial charge < -0.3 is 19.6 Å². The highest BCUT2D eigenvalue weighted by Gasteiger charge is 2.18. The Hall–Kier alpha value is -1.10. The first kappa shape index (κ1) is 10.9. The molecule has 1 amide bonds. The molecule has 0 heterocycles. The lowest BCUT2D eigenvalue weighted by Crippen LogP contribution is -2.43. The minimum Gasteiger partial charge on any atom is -0.453 e. The molecule has 2 atom stereocenters. The van der Waals surface area contributed by atoms with Crippen molar-refractivity contribution in [3.8, 4) is 0 Å². The van der Waals surface area contributed by atoms with Crippen LogP contribution in [0, 0.1) is 0 Å². The van der Waals surface area contributed by atoms with Gasteiger partial charge in [0.25, 0.3) is 0 Å². The summed E-state index contributed by atoms with van der Waals surface area (Å²) in [5.41, 5.74) is 0. The first-order valence-electron chi connectivity index (χ1n) is 3.48. The second kappa shape index (κ2) is 5.54. The number of aldehydes is 1. The molecule has 0 unspecified atom stereocenters. The molecular weight excluding hydrogens is 162 g/mol. The van der Waals surface area contributed by atoms with Crippen LogP contribution in [0.4, 0.5) is 4.79 Å². The van der Waals surface area contributed by atoms with E-state index in [4.69, 9.17) is 4.74 Å². The SMILES string of the molecule is COC(=O)N[C@@H](C=O)[C@H](C)OC. The monoisotopic (exact) mass is 175 g/mol. The largest absolute Gasteiger partial charge is 0.453 e. The molecule has 0 bridgehead atoms. The molecule has 0 saturated carbocycles. The summed E-state index contributed by atoms with van der Waals surface area (Å²) in [4.78, 5) is 21.1. The van der Waals surface area contributed by atoms with Crippen LogP contribution in [0.15, 0.2) is 0 Å². The van der Waals surface area contributed by atoms with Gasteiger partial charge in [-0.2, -0.15) is 0 Å². The summed E-state index contributed by atoms with van der Waals surface area (Å²) in [6.45, 7) is 1.68. The lowest BCUT2D eigenvalue weighted by atomic mass is 10.2. The van der Waals surface area contributed by atoms with Gasteiger partial charge in [0, 0.05) is 7.11 Å². The van der Waals surface area contributed by atoms with Crippen molar-refractivity contribution in [3.63, 3.8) is 0 Å². The van der Waals surface area contributed by atoms with Gasteiger partial charge in [-0.3, -0.25) is 0 Å². The number of nitrogens with one attached hydrogen (secondary N) is 1. The van der Waals surface area contributed by atoms with E-state index in [1.165, 1.54) is 14.2 Å². The van der Waals surface area contributed by atoms with Gasteiger partial charge in [-0.15, -0.1) is 0 Å². The minimum atomic E-state index is -0.664. The summed E-state index contributed by atoms with van der Waals surface area (Å²) in [7, 11) is 2.69. The third kappa shape index (κ3) is 3.34. The summed E-state index contributed by atoms with van der Waals surface area (Å²) >= 11 is 0. The zero-order valence-corrected chi connectivity index (χ0v) is 7.37. The predicted molar refractivity (Wildman–Crippen MR) is 41.9 cm³/mol. The molecule has 0 rings (SSSR count). The maximum atomic E-state index is 10.7. The van der Waals surface area contributed by atoms with Crippen LogP contribution in [0.25, 0.3) is 0 Å². The highest BCUT2D eigenvalue weighted by Crippen LogP contribution is 1.94. The summed E-state index contributed by atoms with van der Waals surface area (Å²) in [6.07, 6.45) is -0.400. The van der Waals surface area contributed by atoms with E-state index in [0.29, 0.717) is 6.29 Å². The minimum absolute atomic E-state index is 0.360. The van der Waals surface area contributed by atoms with Crippen LogP contribution in [-0.2, 0) is 14.3 Å². The molecule has 0 aliphatic heterocycles. The highest BCUT2D eigenvalue weighted by atomic mass is 16.5. The normalized spacial score (nSPS) is 14.6. The first-order chi connectivity index (χ1) is 5.65. The molecule has 1 N–H and O–H groups in total. The van der Waals surface area contributed by atoms with Crippen LogP contribution >= 0.6 is 0 Å². The zero-order chi connectivity index (χ0) is 9.56. The number of carbonyl (C=O) groups excluding carboxylic acids is 2. The Morgan fingerprint density at radius 2 is 2.08 bits per heavy atom. The fourth-order valence-corrected chi connectivity index (χ4v) is 0.604. The van der Waals surface area contributed by atoms with Crippen LogP contribution in [0.5, 0.6) is 0 Å². The molecule has 5 nitrogen and oxygen atoms in total. The van der Waals surface area contributed by atoms with Crippen molar-refractivity contribution in [1.82, 2.24) is 5.32 Å². The van der Waals surface area contributed by atoms with Gasteiger partial charge in [0.1, 0.15) is 12.3 Å². The number of methoxy groups -OCH3 is 2.